The van der Waals surface area contributed by atoms with Gasteiger partial charge in [-0.15, -0.1) is 0 Å². The molecule has 150 valence electrons. The SMILES string of the molecule is CN(CC(=O)CC(C)(C)C)c1nc(-c2cc(CCO)ccn2)nc2c1CCC2. The van der Waals surface area contributed by atoms with Gasteiger partial charge in [0.1, 0.15) is 11.5 Å². The average Bonchev–Trinajstić information content (AvgIpc) is 3.08. The van der Waals surface area contributed by atoms with Crippen LogP contribution in [0.25, 0.3) is 11.5 Å². The van der Waals surface area contributed by atoms with Gasteiger partial charge in [-0.05, 0) is 48.8 Å². The van der Waals surface area contributed by atoms with Gasteiger partial charge in [0.25, 0.3) is 0 Å². The zero-order valence-corrected chi connectivity index (χ0v) is 17.3. The van der Waals surface area contributed by atoms with Crippen molar-refractivity contribution in [2.45, 2.75) is 52.9 Å². The van der Waals surface area contributed by atoms with Gasteiger partial charge in [-0.1, -0.05) is 20.8 Å². The van der Waals surface area contributed by atoms with Gasteiger partial charge in [0.2, 0.25) is 0 Å². The molecule has 6 nitrogen and oxygen atoms in total. The summed E-state index contributed by atoms with van der Waals surface area (Å²) in [4.78, 5) is 28.4. The largest absolute Gasteiger partial charge is 0.396 e. The van der Waals surface area contributed by atoms with E-state index in [0.717, 1.165) is 41.9 Å². The molecule has 0 bridgehead atoms. The molecule has 0 fully saturated rings. The van der Waals surface area contributed by atoms with Crippen molar-refractivity contribution >= 4 is 11.6 Å². The van der Waals surface area contributed by atoms with Gasteiger partial charge in [-0.25, -0.2) is 9.97 Å². The first-order chi connectivity index (χ1) is 13.3. The second kappa shape index (κ2) is 8.35. The summed E-state index contributed by atoms with van der Waals surface area (Å²) in [6.45, 7) is 6.68. The molecule has 0 unspecified atom stereocenters. The van der Waals surface area contributed by atoms with Crippen molar-refractivity contribution in [2.75, 3.05) is 25.1 Å². The number of anilines is 1. The Balaban J connectivity index is 1.91. The van der Waals surface area contributed by atoms with Crippen molar-refractivity contribution in [3.63, 3.8) is 0 Å². The lowest BCUT2D eigenvalue weighted by atomic mass is 9.90. The molecule has 1 aliphatic carbocycles. The number of hydrogen-bond acceptors (Lipinski definition) is 6. The van der Waals surface area contributed by atoms with Crippen LogP contribution in [0.4, 0.5) is 5.82 Å². The Bertz CT molecular complexity index is 858. The number of nitrogens with zero attached hydrogens (tertiary/aromatic N) is 4. The maximum Gasteiger partial charge on any atom is 0.180 e. The fourth-order valence-corrected chi connectivity index (χ4v) is 3.71. The van der Waals surface area contributed by atoms with E-state index in [1.54, 1.807) is 6.20 Å². The van der Waals surface area contributed by atoms with E-state index in [2.05, 4.69) is 25.8 Å². The maximum atomic E-state index is 12.5. The van der Waals surface area contributed by atoms with Gasteiger partial charge in [0, 0.05) is 37.5 Å². The molecule has 0 saturated heterocycles. The number of carbonyl (C=O) groups is 1. The standard InChI is InChI=1S/C22H30N4O2/c1-22(2,3)13-16(28)14-26(4)21-17-6-5-7-18(17)24-20(25-21)19-12-15(9-11-27)8-10-23-19/h8,10,12,27H,5-7,9,11,13-14H2,1-4H3. The molecule has 0 atom stereocenters. The minimum absolute atomic E-state index is 0.0201. The third kappa shape index (κ3) is 4.93. The molecular formula is C22H30N4O2. The van der Waals surface area contributed by atoms with E-state index < -0.39 is 0 Å². The summed E-state index contributed by atoms with van der Waals surface area (Å²) in [5, 5.41) is 9.20. The molecule has 6 heteroatoms. The van der Waals surface area contributed by atoms with E-state index in [0.29, 0.717) is 30.9 Å². The summed E-state index contributed by atoms with van der Waals surface area (Å²) in [7, 11) is 1.93. The molecule has 2 heterocycles. The molecule has 2 aromatic rings. The van der Waals surface area contributed by atoms with Crippen molar-refractivity contribution < 1.29 is 9.90 Å². The first-order valence-electron chi connectivity index (χ1n) is 9.95. The molecule has 0 aliphatic heterocycles. The van der Waals surface area contributed by atoms with E-state index >= 15 is 0 Å². The summed E-state index contributed by atoms with van der Waals surface area (Å²) < 4.78 is 0. The highest BCUT2D eigenvalue weighted by Gasteiger charge is 2.24. The van der Waals surface area contributed by atoms with E-state index in [1.807, 2.05) is 24.1 Å². The summed E-state index contributed by atoms with van der Waals surface area (Å²) in [6.07, 6.45) is 5.78. The van der Waals surface area contributed by atoms with E-state index in [4.69, 9.17) is 9.97 Å². The number of aliphatic hydroxyl groups excluding tert-OH is 1. The van der Waals surface area contributed by atoms with Gasteiger partial charge in [0.05, 0.1) is 6.54 Å². The quantitative estimate of drug-likeness (QED) is 0.793. The molecular weight excluding hydrogens is 352 g/mol. The van der Waals surface area contributed by atoms with Gasteiger partial charge in [0.15, 0.2) is 11.6 Å². The van der Waals surface area contributed by atoms with Crippen LogP contribution in [0, 0.1) is 5.41 Å². The summed E-state index contributed by atoms with van der Waals surface area (Å²) >= 11 is 0. The normalized spacial score (nSPS) is 13.5. The van der Waals surface area contributed by atoms with Gasteiger partial charge >= 0.3 is 0 Å². The smallest absolute Gasteiger partial charge is 0.180 e. The Kier molecular flexibility index (Phi) is 6.08. The monoisotopic (exact) mass is 382 g/mol. The van der Waals surface area contributed by atoms with Crippen molar-refractivity contribution in [1.82, 2.24) is 15.0 Å². The van der Waals surface area contributed by atoms with Gasteiger partial charge in [-0.3, -0.25) is 9.78 Å². The predicted octanol–water partition coefficient (Wildman–Crippen LogP) is 3.00. The van der Waals surface area contributed by atoms with Crippen molar-refractivity contribution in [3.05, 3.63) is 35.2 Å². The Hall–Kier alpha value is -2.34. The second-order valence-electron chi connectivity index (χ2n) is 8.80. The molecule has 1 aliphatic rings. The van der Waals surface area contributed by atoms with Crippen LogP contribution in [0.1, 0.15) is 50.4 Å². The number of Topliss-reactive ketones (excluding diaryl/α,β-unsaturated/α-hetero) is 1. The number of likely N-dealkylation sites (N-methyl/N-ethyl adjacent to an activating group) is 1. The van der Waals surface area contributed by atoms with Crippen LogP contribution in [-0.4, -0.2) is 46.0 Å². The van der Waals surface area contributed by atoms with Crippen LogP contribution in [0.2, 0.25) is 0 Å². The Morgan fingerprint density at radius 3 is 2.75 bits per heavy atom. The molecule has 28 heavy (non-hydrogen) atoms. The number of aliphatic hydroxyl groups is 1. The van der Waals surface area contributed by atoms with Crippen LogP contribution < -0.4 is 4.90 Å². The molecule has 0 aromatic carbocycles. The molecule has 0 spiro atoms. The third-order valence-corrected chi connectivity index (χ3v) is 4.87. The van der Waals surface area contributed by atoms with Gasteiger partial charge in [-0.2, -0.15) is 0 Å². The predicted molar refractivity (Wildman–Crippen MR) is 110 cm³/mol. The summed E-state index contributed by atoms with van der Waals surface area (Å²) in [6, 6.07) is 3.83. The van der Waals surface area contributed by atoms with Crippen molar-refractivity contribution in [2.24, 2.45) is 5.41 Å². The molecule has 2 aromatic heterocycles. The summed E-state index contributed by atoms with van der Waals surface area (Å²) in [5.74, 6) is 1.64. The number of fused-ring (bicyclic) bond motifs is 1. The van der Waals surface area contributed by atoms with Crippen LogP contribution in [0.15, 0.2) is 18.3 Å². The molecule has 3 rings (SSSR count). The Morgan fingerprint density at radius 1 is 1.25 bits per heavy atom. The van der Waals surface area contributed by atoms with E-state index in [-0.39, 0.29) is 17.8 Å². The number of pyridine rings is 1. The molecule has 0 amide bonds. The lowest BCUT2D eigenvalue weighted by molar-refractivity contribution is -0.119. The minimum atomic E-state index is -0.0201. The number of aromatic nitrogens is 3. The first-order valence-corrected chi connectivity index (χ1v) is 9.95. The molecule has 0 saturated carbocycles. The van der Waals surface area contributed by atoms with Crippen LogP contribution >= 0.6 is 0 Å². The highest BCUT2D eigenvalue weighted by molar-refractivity contribution is 5.84. The second-order valence-corrected chi connectivity index (χ2v) is 8.80. The Morgan fingerprint density at radius 2 is 2.04 bits per heavy atom. The number of hydrogen-bond donors (Lipinski definition) is 1. The number of ketones is 1. The minimum Gasteiger partial charge on any atom is -0.396 e. The molecule has 1 N–H and O–H groups in total. The highest BCUT2D eigenvalue weighted by Crippen LogP contribution is 2.31. The summed E-state index contributed by atoms with van der Waals surface area (Å²) in [5.41, 5.74) is 3.90. The number of carbonyl (C=O) groups excluding carboxylic acids is 1. The van der Waals surface area contributed by atoms with E-state index in [9.17, 15) is 9.90 Å². The maximum absolute atomic E-state index is 12.5. The van der Waals surface area contributed by atoms with Crippen LogP contribution in [0.5, 0.6) is 0 Å². The lowest BCUT2D eigenvalue weighted by Crippen LogP contribution is -2.30. The van der Waals surface area contributed by atoms with Crippen LogP contribution in [-0.2, 0) is 24.1 Å². The van der Waals surface area contributed by atoms with Crippen LogP contribution in [0.3, 0.4) is 0 Å². The average molecular weight is 383 g/mol. The van der Waals surface area contributed by atoms with Crippen molar-refractivity contribution in [1.29, 1.82) is 0 Å². The third-order valence-electron chi connectivity index (χ3n) is 4.87. The highest BCUT2D eigenvalue weighted by atomic mass is 16.3. The zero-order valence-electron chi connectivity index (χ0n) is 17.3. The number of rotatable bonds is 7. The fourth-order valence-electron chi connectivity index (χ4n) is 3.71. The van der Waals surface area contributed by atoms with Gasteiger partial charge < -0.3 is 10.0 Å². The number of aryl methyl sites for hydroxylation is 1. The van der Waals surface area contributed by atoms with Crippen molar-refractivity contribution in [3.8, 4) is 11.5 Å². The topological polar surface area (TPSA) is 79.2 Å². The molecule has 0 radical (unpaired) electrons. The lowest BCUT2D eigenvalue weighted by Gasteiger charge is -2.23. The fraction of sp³-hybridized carbons (Fsp3) is 0.545. The van der Waals surface area contributed by atoms with E-state index in [1.165, 1.54) is 0 Å². The Labute approximate surface area is 167 Å². The zero-order chi connectivity index (χ0) is 20.3. The first kappa shape index (κ1) is 20.4.